The van der Waals surface area contributed by atoms with Crippen molar-refractivity contribution in [2.24, 2.45) is 0 Å². The maximum Gasteiger partial charge on any atom is 0.325 e. The second-order valence-electron chi connectivity index (χ2n) is 4.35. The van der Waals surface area contributed by atoms with Crippen molar-refractivity contribution in [1.82, 2.24) is 5.32 Å². The predicted molar refractivity (Wildman–Crippen MR) is 69.9 cm³/mol. The molecule has 17 heavy (non-hydrogen) atoms. The third-order valence-electron chi connectivity index (χ3n) is 3.09. The number of para-hydroxylation sites is 1. The first-order chi connectivity index (χ1) is 8.27. The van der Waals surface area contributed by atoms with Gasteiger partial charge in [0.15, 0.2) is 0 Å². The minimum Gasteiger partial charge on any atom is -0.314 e. The summed E-state index contributed by atoms with van der Waals surface area (Å²) in [6.45, 7) is 0. The average molecular weight is 230 g/mol. The van der Waals surface area contributed by atoms with Crippen molar-refractivity contribution in [1.29, 1.82) is 0 Å². The maximum absolute atomic E-state index is 11.9. The van der Waals surface area contributed by atoms with Crippen LogP contribution in [-0.4, -0.2) is 13.1 Å². The lowest BCUT2D eigenvalue weighted by atomic mass is 10.2. The Bertz CT molecular complexity index is 403. The highest BCUT2D eigenvalue weighted by atomic mass is 16.2. The van der Waals surface area contributed by atoms with Gasteiger partial charge in [0.2, 0.25) is 0 Å². The van der Waals surface area contributed by atoms with E-state index in [9.17, 15) is 4.79 Å². The molecule has 3 heteroatoms. The fraction of sp³-hybridized carbons (Fsp3) is 0.357. The topological polar surface area (TPSA) is 32.3 Å². The zero-order valence-corrected chi connectivity index (χ0v) is 10.1. The van der Waals surface area contributed by atoms with Crippen LogP contribution < -0.4 is 10.2 Å². The molecule has 3 nitrogen and oxygen atoms in total. The Morgan fingerprint density at radius 1 is 1.24 bits per heavy atom. The van der Waals surface area contributed by atoms with E-state index in [2.05, 4.69) is 5.32 Å². The van der Waals surface area contributed by atoms with E-state index < -0.39 is 0 Å². The number of allylic oxidation sites excluding steroid dienone is 1. The van der Waals surface area contributed by atoms with Crippen LogP contribution >= 0.6 is 0 Å². The fourth-order valence-electron chi connectivity index (χ4n) is 2.00. The van der Waals surface area contributed by atoms with Crippen LogP contribution in [0.2, 0.25) is 0 Å². The van der Waals surface area contributed by atoms with Gasteiger partial charge in [-0.1, -0.05) is 23.8 Å². The summed E-state index contributed by atoms with van der Waals surface area (Å²) in [5, 5.41) is 2.85. The molecular formula is C14H18N2O. The molecule has 1 aromatic rings. The van der Waals surface area contributed by atoms with Crippen LogP contribution in [0, 0.1) is 0 Å². The van der Waals surface area contributed by atoms with Gasteiger partial charge in [-0.15, -0.1) is 0 Å². The summed E-state index contributed by atoms with van der Waals surface area (Å²) in [5.41, 5.74) is 2.25. The number of benzene rings is 1. The Labute approximate surface area is 102 Å². The van der Waals surface area contributed by atoms with Crippen molar-refractivity contribution in [2.45, 2.75) is 25.7 Å². The van der Waals surface area contributed by atoms with E-state index in [4.69, 9.17) is 0 Å². The van der Waals surface area contributed by atoms with Crippen molar-refractivity contribution in [2.75, 3.05) is 11.9 Å². The fourth-order valence-corrected chi connectivity index (χ4v) is 2.00. The van der Waals surface area contributed by atoms with Crippen molar-refractivity contribution < 1.29 is 4.79 Å². The Kier molecular flexibility index (Phi) is 3.81. The molecule has 0 radical (unpaired) electrons. The lowest BCUT2D eigenvalue weighted by Gasteiger charge is -2.16. The van der Waals surface area contributed by atoms with Crippen LogP contribution in [0.5, 0.6) is 0 Å². The van der Waals surface area contributed by atoms with E-state index in [0.29, 0.717) is 0 Å². The number of carbonyl (C=O) groups is 1. The van der Waals surface area contributed by atoms with Gasteiger partial charge in [-0.05, 0) is 37.8 Å². The summed E-state index contributed by atoms with van der Waals surface area (Å²) in [4.78, 5) is 13.5. The molecule has 0 spiro atoms. The van der Waals surface area contributed by atoms with Crippen LogP contribution in [0.15, 0.2) is 42.1 Å². The minimum atomic E-state index is -0.0874. The summed E-state index contributed by atoms with van der Waals surface area (Å²) in [6.07, 6.45) is 6.60. The first-order valence-corrected chi connectivity index (χ1v) is 6.04. The number of rotatable bonds is 2. The molecular weight excluding hydrogens is 212 g/mol. The molecule has 1 N–H and O–H groups in total. The standard InChI is InChI=1S/C14H18N2O/c1-16(13-9-3-2-4-10-13)14(17)15-11-12-7-5-6-8-12/h2-4,9-11H,5-8H2,1H3,(H,15,17). The number of urea groups is 1. The molecule has 0 saturated heterocycles. The zero-order valence-electron chi connectivity index (χ0n) is 10.1. The van der Waals surface area contributed by atoms with Gasteiger partial charge in [-0.2, -0.15) is 0 Å². The molecule has 0 unspecified atom stereocenters. The second-order valence-corrected chi connectivity index (χ2v) is 4.35. The Morgan fingerprint density at radius 3 is 2.53 bits per heavy atom. The summed E-state index contributed by atoms with van der Waals surface area (Å²) < 4.78 is 0. The van der Waals surface area contributed by atoms with E-state index in [1.807, 2.05) is 36.5 Å². The largest absolute Gasteiger partial charge is 0.325 e. The van der Waals surface area contributed by atoms with Crippen LogP contribution in [0.1, 0.15) is 25.7 Å². The van der Waals surface area contributed by atoms with Crippen LogP contribution in [0.4, 0.5) is 10.5 Å². The van der Waals surface area contributed by atoms with E-state index in [1.54, 1.807) is 11.9 Å². The van der Waals surface area contributed by atoms with Crippen molar-refractivity contribution in [3.05, 3.63) is 42.1 Å². The van der Waals surface area contributed by atoms with E-state index in [-0.39, 0.29) is 6.03 Å². The normalized spacial score (nSPS) is 14.5. The molecule has 2 amide bonds. The van der Waals surface area contributed by atoms with Crippen molar-refractivity contribution in [3.8, 4) is 0 Å². The molecule has 0 aromatic heterocycles. The molecule has 0 aliphatic heterocycles. The Morgan fingerprint density at radius 2 is 1.88 bits per heavy atom. The van der Waals surface area contributed by atoms with Gasteiger partial charge in [0.1, 0.15) is 0 Å². The molecule has 2 rings (SSSR count). The van der Waals surface area contributed by atoms with Gasteiger partial charge < -0.3 is 5.32 Å². The van der Waals surface area contributed by atoms with Gasteiger partial charge in [-0.3, -0.25) is 4.90 Å². The molecule has 1 aromatic carbocycles. The highest BCUT2D eigenvalue weighted by Gasteiger charge is 2.10. The number of hydrogen-bond acceptors (Lipinski definition) is 1. The highest BCUT2D eigenvalue weighted by Crippen LogP contribution is 2.22. The first kappa shape index (κ1) is 11.7. The van der Waals surface area contributed by atoms with Gasteiger partial charge in [-0.25, -0.2) is 4.79 Å². The Balaban J connectivity index is 1.94. The molecule has 90 valence electrons. The monoisotopic (exact) mass is 230 g/mol. The maximum atomic E-state index is 11.9. The van der Waals surface area contributed by atoms with Crippen LogP contribution in [0.3, 0.4) is 0 Å². The van der Waals surface area contributed by atoms with Crippen LogP contribution in [-0.2, 0) is 0 Å². The third-order valence-corrected chi connectivity index (χ3v) is 3.09. The third kappa shape index (κ3) is 3.09. The van der Waals surface area contributed by atoms with E-state index >= 15 is 0 Å². The molecule has 1 saturated carbocycles. The van der Waals surface area contributed by atoms with Crippen molar-refractivity contribution in [3.63, 3.8) is 0 Å². The lowest BCUT2D eigenvalue weighted by Crippen LogP contribution is -2.34. The van der Waals surface area contributed by atoms with Gasteiger partial charge in [0.25, 0.3) is 0 Å². The molecule has 1 fully saturated rings. The average Bonchev–Trinajstić information content (AvgIpc) is 2.89. The Hall–Kier alpha value is -1.77. The molecule has 0 bridgehead atoms. The SMILES string of the molecule is CN(C(=O)NC=C1CCCC1)c1ccccc1. The summed E-state index contributed by atoms with van der Waals surface area (Å²) in [7, 11) is 1.78. The highest BCUT2D eigenvalue weighted by molar-refractivity contribution is 5.91. The summed E-state index contributed by atoms with van der Waals surface area (Å²) in [5.74, 6) is 0. The van der Waals surface area contributed by atoms with Crippen molar-refractivity contribution >= 4 is 11.7 Å². The number of carbonyl (C=O) groups excluding carboxylic acids is 1. The number of hydrogen-bond donors (Lipinski definition) is 1. The molecule has 1 aliphatic rings. The smallest absolute Gasteiger partial charge is 0.314 e. The number of nitrogens with one attached hydrogen (secondary N) is 1. The molecule has 0 heterocycles. The molecule has 0 atom stereocenters. The van der Waals surface area contributed by atoms with E-state index in [0.717, 1.165) is 18.5 Å². The number of anilines is 1. The van der Waals surface area contributed by atoms with Gasteiger partial charge in [0, 0.05) is 18.9 Å². The number of nitrogens with zero attached hydrogens (tertiary/aromatic N) is 1. The van der Waals surface area contributed by atoms with E-state index in [1.165, 1.54) is 18.4 Å². The quantitative estimate of drug-likeness (QED) is 0.830. The van der Waals surface area contributed by atoms with Gasteiger partial charge >= 0.3 is 6.03 Å². The lowest BCUT2D eigenvalue weighted by molar-refractivity contribution is 0.250. The zero-order chi connectivity index (χ0) is 12.1. The summed E-state index contributed by atoms with van der Waals surface area (Å²) in [6, 6.07) is 9.54. The number of amides is 2. The second kappa shape index (κ2) is 5.53. The van der Waals surface area contributed by atoms with Gasteiger partial charge in [0.05, 0.1) is 0 Å². The minimum absolute atomic E-state index is 0.0874. The summed E-state index contributed by atoms with van der Waals surface area (Å²) >= 11 is 0. The van der Waals surface area contributed by atoms with Crippen LogP contribution in [0.25, 0.3) is 0 Å². The first-order valence-electron chi connectivity index (χ1n) is 6.04. The molecule has 1 aliphatic carbocycles. The predicted octanol–water partition coefficient (Wildman–Crippen LogP) is 3.29.